The highest BCUT2D eigenvalue weighted by molar-refractivity contribution is 6.00. The normalized spacial score (nSPS) is 15.9. The van der Waals surface area contributed by atoms with Gasteiger partial charge in [0.05, 0.1) is 12.2 Å². The monoisotopic (exact) mass is 306 g/mol. The first-order valence-corrected chi connectivity index (χ1v) is 8.15. The first kappa shape index (κ1) is 16.6. The molecular formula is C17H26N2O3. The summed E-state index contributed by atoms with van der Waals surface area (Å²) in [4.78, 5) is 29.7. The molecule has 1 saturated heterocycles. The molecule has 0 saturated carbocycles. The molecule has 5 nitrogen and oxygen atoms in total. The van der Waals surface area contributed by atoms with Crippen LogP contribution in [0.3, 0.4) is 0 Å². The van der Waals surface area contributed by atoms with Crippen molar-refractivity contribution in [3.63, 3.8) is 0 Å². The molecule has 0 aliphatic carbocycles. The summed E-state index contributed by atoms with van der Waals surface area (Å²) in [5.41, 5.74) is 2.41. The van der Waals surface area contributed by atoms with Crippen LogP contribution in [0.2, 0.25) is 0 Å². The first-order valence-electron chi connectivity index (χ1n) is 8.15. The minimum Gasteiger partial charge on any atom is -0.462 e. The Kier molecular flexibility index (Phi) is 5.27. The third-order valence-electron chi connectivity index (χ3n) is 4.61. The minimum atomic E-state index is -0.363. The van der Waals surface area contributed by atoms with Crippen molar-refractivity contribution in [2.75, 3.05) is 19.7 Å². The van der Waals surface area contributed by atoms with E-state index in [9.17, 15) is 9.59 Å². The maximum atomic E-state index is 12.7. The number of piperidine rings is 1. The molecule has 0 radical (unpaired) electrons. The number of esters is 1. The summed E-state index contributed by atoms with van der Waals surface area (Å²) < 4.78 is 5.07. The van der Waals surface area contributed by atoms with Crippen LogP contribution in [0.15, 0.2) is 0 Å². The number of hydrogen-bond acceptors (Lipinski definition) is 3. The second-order valence-corrected chi connectivity index (χ2v) is 5.99. The third-order valence-corrected chi connectivity index (χ3v) is 4.61. The van der Waals surface area contributed by atoms with Crippen LogP contribution in [0.5, 0.6) is 0 Å². The van der Waals surface area contributed by atoms with E-state index in [4.69, 9.17) is 4.74 Å². The van der Waals surface area contributed by atoms with Gasteiger partial charge in [0, 0.05) is 18.8 Å². The molecule has 1 aliphatic heterocycles. The number of nitrogens with one attached hydrogen (secondary N) is 1. The number of amides is 1. The van der Waals surface area contributed by atoms with Crippen molar-refractivity contribution >= 4 is 11.9 Å². The Hall–Kier alpha value is -1.78. The lowest BCUT2D eigenvalue weighted by Crippen LogP contribution is -2.38. The van der Waals surface area contributed by atoms with Gasteiger partial charge in [-0.15, -0.1) is 0 Å². The molecule has 122 valence electrons. The number of ether oxygens (including phenoxy) is 1. The predicted octanol–water partition coefficient (Wildman–Crippen LogP) is 3.07. The smallest absolute Gasteiger partial charge is 0.340 e. The Morgan fingerprint density at radius 1 is 1.23 bits per heavy atom. The molecular weight excluding hydrogens is 280 g/mol. The highest BCUT2D eigenvalue weighted by Gasteiger charge is 2.28. The van der Waals surface area contributed by atoms with E-state index in [0.29, 0.717) is 29.1 Å². The Morgan fingerprint density at radius 2 is 1.86 bits per heavy atom. The van der Waals surface area contributed by atoms with Crippen molar-refractivity contribution in [1.82, 2.24) is 9.88 Å². The molecule has 2 rings (SSSR count). The van der Waals surface area contributed by atoms with Crippen LogP contribution in [0.25, 0.3) is 0 Å². The standard InChI is InChI=1S/C17H26N2O3/c1-5-13-7-9-19(10-8-13)16(20)15-11(3)14(12(4)18-15)17(21)22-6-2/h13,18H,5-10H2,1-4H3. The van der Waals surface area contributed by atoms with Gasteiger partial charge in [0.1, 0.15) is 5.69 Å². The molecule has 1 aromatic rings. The van der Waals surface area contributed by atoms with Crippen LogP contribution in [0, 0.1) is 19.8 Å². The Balaban J connectivity index is 2.17. The van der Waals surface area contributed by atoms with Gasteiger partial charge in [0.15, 0.2) is 0 Å². The van der Waals surface area contributed by atoms with Crippen LogP contribution < -0.4 is 0 Å². The second kappa shape index (κ2) is 6.99. The van der Waals surface area contributed by atoms with E-state index in [2.05, 4.69) is 11.9 Å². The van der Waals surface area contributed by atoms with Gasteiger partial charge in [0.2, 0.25) is 0 Å². The fourth-order valence-corrected chi connectivity index (χ4v) is 3.18. The SMILES string of the molecule is CCOC(=O)c1c(C)[nH]c(C(=O)N2CCC(CC)CC2)c1C. The van der Waals surface area contributed by atoms with Crippen molar-refractivity contribution in [2.24, 2.45) is 5.92 Å². The van der Waals surface area contributed by atoms with Gasteiger partial charge < -0.3 is 14.6 Å². The lowest BCUT2D eigenvalue weighted by Gasteiger charge is -2.31. The summed E-state index contributed by atoms with van der Waals surface area (Å²) in [5, 5.41) is 0. The van der Waals surface area contributed by atoms with E-state index < -0.39 is 0 Å². The topological polar surface area (TPSA) is 62.4 Å². The summed E-state index contributed by atoms with van der Waals surface area (Å²) in [6, 6.07) is 0. The van der Waals surface area contributed by atoms with Gasteiger partial charge in [-0.25, -0.2) is 4.79 Å². The molecule has 22 heavy (non-hydrogen) atoms. The fourth-order valence-electron chi connectivity index (χ4n) is 3.18. The first-order chi connectivity index (χ1) is 10.5. The number of nitrogens with zero attached hydrogens (tertiary/aromatic N) is 1. The lowest BCUT2D eigenvalue weighted by atomic mass is 9.94. The lowest BCUT2D eigenvalue weighted by molar-refractivity contribution is 0.0525. The Morgan fingerprint density at radius 3 is 2.41 bits per heavy atom. The zero-order chi connectivity index (χ0) is 16.3. The van der Waals surface area contributed by atoms with Gasteiger partial charge in [-0.1, -0.05) is 13.3 Å². The van der Waals surface area contributed by atoms with E-state index >= 15 is 0 Å². The molecule has 1 amide bonds. The molecule has 0 atom stereocenters. The van der Waals surface area contributed by atoms with E-state index in [1.54, 1.807) is 13.8 Å². The Labute approximate surface area is 132 Å². The van der Waals surface area contributed by atoms with Crippen LogP contribution >= 0.6 is 0 Å². The van der Waals surface area contributed by atoms with E-state index in [0.717, 1.165) is 31.8 Å². The van der Waals surface area contributed by atoms with E-state index in [-0.39, 0.29) is 11.9 Å². The third kappa shape index (κ3) is 3.18. The number of likely N-dealkylation sites (tertiary alicyclic amines) is 1. The summed E-state index contributed by atoms with van der Waals surface area (Å²) in [6.45, 7) is 9.51. The van der Waals surface area contributed by atoms with Gasteiger partial charge in [-0.05, 0) is 45.1 Å². The molecule has 0 spiro atoms. The zero-order valence-electron chi connectivity index (χ0n) is 14.0. The van der Waals surface area contributed by atoms with Crippen molar-refractivity contribution in [2.45, 2.75) is 47.0 Å². The van der Waals surface area contributed by atoms with Gasteiger partial charge in [0.25, 0.3) is 5.91 Å². The molecule has 1 aromatic heterocycles. The van der Waals surface area contributed by atoms with Gasteiger partial charge >= 0.3 is 5.97 Å². The number of aromatic amines is 1. The van der Waals surface area contributed by atoms with E-state index in [1.165, 1.54) is 6.42 Å². The minimum absolute atomic E-state index is 0.00861. The van der Waals surface area contributed by atoms with Crippen molar-refractivity contribution in [3.05, 3.63) is 22.5 Å². The molecule has 1 N–H and O–H groups in total. The molecule has 1 fully saturated rings. The number of H-pyrrole nitrogens is 1. The van der Waals surface area contributed by atoms with Crippen molar-refractivity contribution < 1.29 is 14.3 Å². The molecule has 0 unspecified atom stereocenters. The number of aromatic nitrogens is 1. The van der Waals surface area contributed by atoms with Crippen molar-refractivity contribution in [1.29, 1.82) is 0 Å². The second-order valence-electron chi connectivity index (χ2n) is 5.99. The average molecular weight is 306 g/mol. The van der Waals surface area contributed by atoms with Crippen LogP contribution in [0.1, 0.15) is 65.2 Å². The maximum Gasteiger partial charge on any atom is 0.340 e. The quantitative estimate of drug-likeness (QED) is 0.870. The van der Waals surface area contributed by atoms with Crippen LogP contribution in [-0.4, -0.2) is 41.5 Å². The predicted molar refractivity (Wildman–Crippen MR) is 85.1 cm³/mol. The highest BCUT2D eigenvalue weighted by Crippen LogP contribution is 2.24. The van der Waals surface area contributed by atoms with Gasteiger partial charge in [-0.2, -0.15) is 0 Å². The van der Waals surface area contributed by atoms with Crippen molar-refractivity contribution in [3.8, 4) is 0 Å². The largest absolute Gasteiger partial charge is 0.462 e. The summed E-state index contributed by atoms with van der Waals surface area (Å²) in [5.74, 6) is 0.355. The summed E-state index contributed by atoms with van der Waals surface area (Å²) >= 11 is 0. The maximum absolute atomic E-state index is 12.7. The molecule has 1 aliphatic rings. The summed E-state index contributed by atoms with van der Waals surface area (Å²) in [7, 11) is 0. The van der Waals surface area contributed by atoms with Gasteiger partial charge in [-0.3, -0.25) is 4.79 Å². The molecule has 0 aromatic carbocycles. The molecule has 0 bridgehead atoms. The van der Waals surface area contributed by atoms with E-state index in [1.807, 2.05) is 11.8 Å². The number of carbonyl (C=O) groups is 2. The summed E-state index contributed by atoms with van der Waals surface area (Å²) in [6.07, 6.45) is 3.30. The average Bonchev–Trinajstić information content (AvgIpc) is 2.81. The molecule has 2 heterocycles. The highest BCUT2D eigenvalue weighted by atomic mass is 16.5. The Bertz CT molecular complexity index is 554. The fraction of sp³-hybridized carbons (Fsp3) is 0.647. The van der Waals surface area contributed by atoms with Crippen LogP contribution in [-0.2, 0) is 4.74 Å². The zero-order valence-corrected chi connectivity index (χ0v) is 14.0. The number of carbonyl (C=O) groups excluding carboxylic acids is 2. The number of hydrogen-bond donors (Lipinski definition) is 1. The van der Waals surface area contributed by atoms with Crippen LogP contribution in [0.4, 0.5) is 0 Å². The molecule has 5 heteroatoms. The number of aryl methyl sites for hydroxylation is 1. The number of rotatable bonds is 4.